The fourth-order valence-electron chi connectivity index (χ4n) is 1.62. The van der Waals surface area contributed by atoms with Crippen LogP contribution in [0.3, 0.4) is 0 Å². The summed E-state index contributed by atoms with van der Waals surface area (Å²) in [7, 11) is 0. The van der Waals surface area contributed by atoms with Crippen LogP contribution in [0.2, 0.25) is 0 Å². The van der Waals surface area contributed by atoms with Gasteiger partial charge in [-0.25, -0.2) is 0 Å². The normalized spacial score (nSPS) is 12.2. The number of nitrogen functional groups attached to an aromatic ring is 1. The fraction of sp³-hybridized carbons (Fsp3) is 0.400. The molecule has 5 nitrogen and oxygen atoms in total. The molecule has 0 spiro atoms. The van der Waals surface area contributed by atoms with E-state index in [4.69, 9.17) is 5.73 Å². The van der Waals surface area contributed by atoms with Gasteiger partial charge in [-0.15, -0.1) is 0 Å². The Morgan fingerprint density at radius 3 is 2.73 bits per heavy atom. The molecule has 2 aromatic rings. The molecule has 0 saturated carbocycles. The molecule has 2 heterocycles. The second-order valence-electron chi connectivity index (χ2n) is 4.53. The van der Waals surface area contributed by atoms with Gasteiger partial charge < -0.3 is 10.7 Å². The molecule has 0 aliphatic heterocycles. The second kappa shape index (κ2) is 2.85. The highest BCUT2D eigenvalue weighted by atomic mass is 16.1. The zero-order valence-electron chi connectivity index (χ0n) is 9.03. The predicted octanol–water partition coefficient (Wildman–Crippen LogP) is 1.06. The average Bonchev–Trinajstić information content (AvgIpc) is 2.44. The lowest BCUT2D eigenvalue weighted by molar-refractivity contribution is 0.369. The molecule has 80 valence electrons. The Morgan fingerprint density at radius 2 is 2.13 bits per heavy atom. The summed E-state index contributed by atoms with van der Waals surface area (Å²) in [6.07, 6.45) is 1.61. The van der Waals surface area contributed by atoms with E-state index < -0.39 is 0 Å². The average molecular weight is 206 g/mol. The summed E-state index contributed by atoms with van der Waals surface area (Å²) in [4.78, 5) is 14.1. The third kappa shape index (κ3) is 1.40. The Hall–Kier alpha value is -1.78. The highest BCUT2D eigenvalue weighted by Gasteiger charge is 2.20. The number of aromatic nitrogens is 3. The largest absolute Gasteiger partial charge is 0.382 e. The minimum atomic E-state index is -0.194. The molecule has 0 atom stereocenters. The number of nitrogens with one attached hydrogen (secondary N) is 1. The van der Waals surface area contributed by atoms with Gasteiger partial charge in [0.25, 0.3) is 5.56 Å². The van der Waals surface area contributed by atoms with Crippen LogP contribution in [0.5, 0.6) is 0 Å². The number of pyridine rings is 1. The van der Waals surface area contributed by atoms with Gasteiger partial charge in [0, 0.05) is 6.20 Å². The van der Waals surface area contributed by atoms with Crippen LogP contribution < -0.4 is 11.3 Å². The molecule has 0 fully saturated rings. The molecule has 0 bridgehead atoms. The van der Waals surface area contributed by atoms with Crippen LogP contribution in [-0.2, 0) is 5.54 Å². The highest BCUT2D eigenvalue weighted by Crippen LogP contribution is 2.22. The molecule has 0 amide bonds. The lowest BCUT2D eigenvalue weighted by atomic mass is 10.1. The van der Waals surface area contributed by atoms with Crippen LogP contribution in [0.25, 0.3) is 10.9 Å². The van der Waals surface area contributed by atoms with Crippen LogP contribution in [-0.4, -0.2) is 14.8 Å². The molecule has 2 rings (SSSR count). The van der Waals surface area contributed by atoms with Crippen molar-refractivity contribution in [2.24, 2.45) is 0 Å². The van der Waals surface area contributed by atoms with Crippen molar-refractivity contribution >= 4 is 16.7 Å². The van der Waals surface area contributed by atoms with Crippen LogP contribution in [0.15, 0.2) is 17.1 Å². The summed E-state index contributed by atoms with van der Waals surface area (Å²) < 4.78 is 1.77. The molecule has 0 aliphatic carbocycles. The number of aromatic amines is 1. The lowest BCUT2D eigenvalue weighted by Crippen LogP contribution is -2.23. The number of anilines is 1. The van der Waals surface area contributed by atoms with Gasteiger partial charge in [0.2, 0.25) is 0 Å². The first-order valence-electron chi connectivity index (χ1n) is 4.77. The summed E-state index contributed by atoms with van der Waals surface area (Å²) in [6.45, 7) is 6.04. The Kier molecular flexibility index (Phi) is 1.86. The van der Waals surface area contributed by atoms with Crippen molar-refractivity contribution in [2.45, 2.75) is 26.3 Å². The quantitative estimate of drug-likeness (QED) is 0.676. The molecule has 0 aliphatic rings. The van der Waals surface area contributed by atoms with Crippen molar-refractivity contribution in [3.63, 3.8) is 0 Å². The van der Waals surface area contributed by atoms with Crippen LogP contribution in [0.4, 0.5) is 5.82 Å². The standard InChI is InChI=1S/C10H14N4O/c1-10(2,3)14-6-4-5-12-9(15)7(6)8(11)13-14/h4-5H,1-3H3,(H2,11,13)(H,12,15). The Bertz CT molecular complexity index is 559. The van der Waals surface area contributed by atoms with Gasteiger partial charge in [-0.05, 0) is 26.8 Å². The van der Waals surface area contributed by atoms with Crippen molar-refractivity contribution in [3.8, 4) is 0 Å². The van der Waals surface area contributed by atoms with E-state index in [9.17, 15) is 4.79 Å². The Labute approximate surface area is 86.9 Å². The van der Waals surface area contributed by atoms with Gasteiger partial charge in [0.1, 0.15) is 5.39 Å². The van der Waals surface area contributed by atoms with Gasteiger partial charge in [0.05, 0.1) is 11.1 Å². The molecule has 0 radical (unpaired) electrons. The van der Waals surface area contributed by atoms with E-state index in [1.165, 1.54) is 0 Å². The SMILES string of the molecule is CC(C)(C)n1nc(N)c2c(=O)[nH]ccc21. The van der Waals surface area contributed by atoms with Gasteiger partial charge in [-0.1, -0.05) is 0 Å². The summed E-state index contributed by atoms with van der Waals surface area (Å²) in [5.41, 5.74) is 6.11. The van der Waals surface area contributed by atoms with Crippen molar-refractivity contribution in [1.82, 2.24) is 14.8 Å². The molecule has 2 aromatic heterocycles. The molecule has 0 aromatic carbocycles. The van der Waals surface area contributed by atoms with Crippen molar-refractivity contribution < 1.29 is 0 Å². The van der Waals surface area contributed by atoms with Gasteiger partial charge in [-0.2, -0.15) is 5.10 Å². The molecule has 5 heteroatoms. The first kappa shape index (κ1) is 9.76. The number of rotatable bonds is 0. The topological polar surface area (TPSA) is 76.7 Å². The van der Waals surface area contributed by atoms with Crippen molar-refractivity contribution in [2.75, 3.05) is 5.73 Å². The zero-order chi connectivity index (χ0) is 11.2. The number of nitrogens with two attached hydrogens (primary N) is 1. The molecule has 0 saturated heterocycles. The van der Waals surface area contributed by atoms with Crippen LogP contribution >= 0.6 is 0 Å². The van der Waals surface area contributed by atoms with E-state index in [-0.39, 0.29) is 16.9 Å². The summed E-state index contributed by atoms with van der Waals surface area (Å²) in [5, 5.41) is 4.66. The first-order valence-corrected chi connectivity index (χ1v) is 4.77. The number of hydrogen-bond donors (Lipinski definition) is 2. The minimum Gasteiger partial charge on any atom is -0.382 e. The third-order valence-corrected chi connectivity index (χ3v) is 2.27. The van der Waals surface area contributed by atoms with E-state index in [0.29, 0.717) is 5.39 Å². The van der Waals surface area contributed by atoms with Crippen LogP contribution in [0.1, 0.15) is 20.8 Å². The summed E-state index contributed by atoms with van der Waals surface area (Å²) >= 11 is 0. The third-order valence-electron chi connectivity index (χ3n) is 2.27. The van der Waals surface area contributed by atoms with E-state index in [1.54, 1.807) is 10.9 Å². The lowest BCUT2D eigenvalue weighted by Gasteiger charge is -2.20. The minimum absolute atomic E-state index is 0.191. The maximum atomic E-state index is 11.6. The number of nitrogens with zero attached hydrogens (tertiary/aromatic N) is 2. The predicted molar refractivity (Wildman–Crippen MR) is 59.8 cm³/mol. The van der Waals surface area contributed by atoms with Gasteiger partial charge in [-0.3, -0.25) is 9.48 Å². The summed E-state index contributed by atoms with van der Waals surface area (Å²) in [6, 6.07) is 1.81. The van der Waals surface area contributed by atoms with Gasteiger partial charge >= 0.3 is 0 Å². The number of H-pyrrole nitrogens is 1. The van der Waals surface area contributed by atoms with Crippen molar-refractivity contribution in [3.05, 3.63) is 22.6 Å². The zero-order valence-corrected chi connectivity index (χ0v) is 9.03. The number of hydrogen-bond acceptors (Lipinski definition) is 3. The maximum absolute atomic E-state index is 11.6. The molecular weight excluding hydrogens is 192 g/mol. The number of fused-ring (bicyclic) bond motifs is 1. The van der Waals surface area contributed by atoms with Crippen molar-refractivity contribution in [1.29, 1.82) is 0 Å². The van der Waals surface area contributed by atoms with Crippen LogP contribution in [0, 0.1) is 0 Å². The molecule has 15 heavy (non-hydrogen) atoms. The fourth-order valence-corrected chi connectivity index (χ4v) is 1.62. The Morgan fingerprint density at radius 1 is 1.47 bits per heavy atom. The smallest absolute Gasteiger partial charge is 0.261 e. The van der Waals surface area contributed by atoms with Gasteiger partial charge in [0.15, 0.2) is 5.82 Å². The Balaban J connectivity index is 2.92. The molecular formula is C10H14N4O. The van der Waals surface area contributed by atoms with E-state index in [2.05, 4.69) is 10.1 Å². The van der Waals surface area contributed by atoms with E-state index >= 15 is 0 Å². The van der Waals surface area contributed by atoms with E-state index in [0.717, 1.165) is 5.52 Å². The monoisotopic (exact) mass is 206 g/mol. The summed E-state index contributed by atoms with van der Waals surface area (Å²) in [5.74, 6) is 0.279. The second-order valence-corrected chi connectivity index (χ2v) is 4.53. The maximum Gasteiger partial charge on any atom is 0.261 e. The molecule has 3 N–H and O–H groups in total. The molecule has 0 unspecified atom stereocenters. The highest BCUT2D eigenvalue weighted by molar-refractivity contribution is 5.88. The van der Waals surface area contributed by atoms with E-state index in [1.807, 2.05) is 26.8 Å². The first-order chi connectivity index (χ1) is 6.91.